The first-order valence-electron chi connectivity index (χ1n) is 5.97. The van der Waals surface area contributed by atoms with Gasteiger partial charge in [0.1, 0.15) is 0 Å². The molecule has 0 atom stereocenters. The van der Waals surface area contributed by atoms with E-state index in [1.54, 1.807) is 0 Å². The molecule has 0 saturated heterocycles. The smallest absolute Gasteiger partial charge is 0.338 e. The zero-order chi connectivity index (χ0) is 15.2. The number of hydrogen-bond acceptors (Lipinski definition) is 4. The van der Waals surface area contributed by atoms with Gasteiger partial charge in [0.2, 0.25) is 0 Å². The summed E-state index contributed by atoms with van der Waals surface area (Å²) in [6.07, 6.45) is 0. The summed E-state index contributed by atoms with van der Waals surface area (Å²) in [5.74, 6) is -3.56. The predicted octanol–water partition coefficient (Wildman–Crippen LogP) is 2.50. The Morgan fingerprint density at radius 1 is 1.19 bits per heavy atom. The monoisotopic (exact) mass is 311 g/mol. The third-order valence-electron chi connectivity index (χ3n) is 2.53. The summed E-state index contributed by atoms with van der Waals surface area (Å²) in [5.41, 5.74) is -0.153. The number of carbonyl (C=O) groups excluding carboxylic acids is 2. The Morgan fingerprint density at radius 3 is 2.67 bits per heavy atom. The van der Waals surface area contributed by atoms with Crippen LogP contribution in [0.25, 0.3) is 0 Å². The second kappa shape index (κ2) is 6.94. The molecule has 21 heavy (non-hydrogen) atoms. The van der Waals surface area contributed by atoms with Crippen LogP contribution < -0.4 is 5.32 Å². The van der Waals surface area contributed by atoms with Gasteiger partial charge in [-0.2, -0.15) is 0 Å². The molecule has 7 heteroatoms. The Balaban J connectivity index is 1.80. The second-order valence-corrected chi connectivity index (χ2v) is 5.09. The van der Waals surface area contributed by atoms with Gasteiger partial charge in [-0.25, -0.2) is 13.6 Å². The van der Waals surface area contributed by atoms with Gasteiger partial charge >= 0.3 is 5.97 Å². The largest absolute Gasteiger partial charge is 0.452 e. The molecule has 1 heterocycles. The van der Waals surface area contributed by atoms with Crippen molar-refractivity contribution < 1.29 is 23.1 Å². The molecule has 4 nitrogen and oxygen atoms in total. The molecule has 0 aliphatic rings. The van der Waals surface area contributed by atoms with E-state index in [9.17, 15) is 18.4 Å². The van der Waals surface area contributed by atoms with Crippen LogP contribution >= 0.6 is 11.3 Å². The first-order valence-corrected chi connectivity index (χ1v) is 6.85. The van der Waals surface area contributed by atoms with Crippen molar-refractivity contribution in [2.75, 3.05) is 6.61 Å². The number of benzene rings is 1. The number of carbonyl (C=O) groups is 2. The molecular weight excluding hydrogens is 300 g/mol. The molecule has 1 aromatic heterocycles. The average molecular weight is 311 g/mol. The van der Waals surface area contributed by atoms with E-state index in [2.05, 4.69) is 5.32 Å². The van der Waals surface area contributed by atoms with Crippen LogP contribution in [0.5, 0.6) is 0 Å². The van der Waals surface area contributed by atoms with Gasteiger partial charge in [0.05, 0.1) is 12.1 Å². The SMILES string of the molecule is O=C(COC(=O)c1ccc(F)c(F)c1)NCc1cccs1. The lowest BCUT2D eigenvalue weighted by molar-refractivity contribution is -0.124. The number of ether oxygens (including phenoxy) is 1. The lowest BCUT2D eigenvalue weighted by Gasteiger charge is -2.06. The minimum absolute atomic E-state index is 0.153. The summed E-state index contributed by atoms with van der Waals surface area (Å²) in [5, 5.41) is 4.45. The van der Waals surface area contributed by atoms with Crippen LogP contribution in [0.4, 0.5) is 8.78 Å². The summed E-state index contributed by atoms with van der Waals surface area (Å²) in [7, 11) is 0. The normalized spacial score (nSPS) is 10.2. The molecule has 0 saturated carbocycles. The van der Waals surface area contributed by atoms with Gasteiger partial charge in [0.25, 0.3) is 5.91 Å². The molecule has 110 valence electrons. The number of thiophene rings is 1. The van der Waals surface area contributed by atoms with Gasteiger partial charge in [0.15, 0.2) is 18.2 Å². The molecule has 0 aliphatic carbocycles. The van der Waals surface area contributed by atoms with E-state index in [0.29, 0.717) is 6.54 Å². The minimum Gasteiger partial charge on any atom is -0.452 e. The Kier molecular flexibility index (Phi) is 4.99. The maximum atomic E-state index is 13.0. The molecule has 1 aromatic carbocycles. The quantitative estimate of drug-likeness (QED) is 0.863. The van der Waals surface area contributed by atoms with Crippen LogP contribution in [-0.4, -0.2) is 18.5 Å². The van der Waals surface area contributed by atoms with Crippen molar-refractivity contribution in [1.29, 1.82) is 0 Å². The van der Waals surface area contributed by atoms with Crippen molar-refractivity contribution >= 4 is 23.2 Å². The molecule has 1 N–H and O–H groups in total. The molecule has 0 unspecified atom stereocenters. The van der Waals surface area contributed by atoms with Gasteiger partial charge in [-0.3, -0.25) is 4.79 Å². The number of amides is 1. The number of halogens is 2. The minimum atomic E-state index is -1.15. The molecule has 0 fully saturated rings. The molecule has 1 amide bonds. The van der Waals surface area contributed by atoms with Crippen molar-refractivity contribution in [3.63, 3.8) is 0 Å². The maximum Gasteiger partial charge on any atom is 0.338 e. The van der Waals surface area contributed by atoms with Crippen molar-refractivity contribution in [2.45, 2.75) is 6.54 Å². The fourth-order valence-electron chi connectivity index (χ4n) is 1.49. The number of rotatable bonds is 5. The Bertz CT molecular complexity index is 644. The number of hydrogen-bond donors (Lipinski definition) is 1. The first-order chi connectivity index (χ1) is 10.1. The zero-order valence-corrected chi connectivity index (χ0v) is 11.6. The summed E-state index contributed by atoms with van der Waals surface area (Å²) in [6, 6.07) is 6.35. The van der Waals surface area contributed by atoms with E-state index in [1.807, 2.05) is 17.5 Å². The van der Waals surface area contributed by atoms with E-state index in [4.69, 9.17) is 4.74 Å². The van der Waals surface area contributed by atoms with Crippen LogP contribution in [0.1, 0.15) is 15.2 Å². The van der Waals surface area contributed by atoms with Gasteiger partial charge in [-0.05, 0) is 29.6 Å². The number of esters is 1. The summed E-state index contributed by atoms with van der Waals surface area (Å²) in [4.78, 5) is 24.0. The van der Waals surface area contributed by atoms with Gasteiger partial charge < -0.3 is 10.1 Å². The van der Waals surface area contributed by atoms with Gasteiger partial charge in [0, 0.05) is 4.88 Å². The van der Waals surface area contributed by atoms with Crippen molar-refractivity contribution in [3.05, 3.63) is 57.8 Å². The highest BCUT2D eigenvalue weighted by molar-refractivity contribution is 7.09. The van der Waals surface area contributed by atoms with E-state index in [0.717, 1.165) is 23.1 Å². The Hall–Kier alpha value is -2.28. The van der Waals surface area contributed by atoms with Crippen LogP contribution in [0.15, 0.2) is 35.7 Å². The fourth-order valence-corrected chi connectivity index (χ4v) is 2.13. The highest BCUT2D eigenvalue weighted by Crippen LogP contribution is 2.10. The number of nitrogens with one attached hydrogen (secondary N) is 1. The van der Waals surface area contributed by atoms with E-state index < -0.39 is 30.1 Å². The molecular formula is C14H11F2NO3S. The average Bonchev–Trinajstić information content (AvgIpc) is 2.98. The van der Waals surface area contributed by atoms with Crippen molar-refractivity contribution in [1.82, 2.24) is 5.32 Å². The summed E-state index contributed by atoms with van der Waals surface area (Å²) < 4.78 is 30.4. The summed E-state index contributed by atoms with van der Waals surface area (Å²) >= 11 is 1.49. The molecule has 0 radical (unpaired) electrons. The fraction of sp³-hybridized carbons (Fsp3) is 0.143. The highest BCUT2D eigenvalue weighted by Gasteiger charge is 2.12. The van der Waals surface area contributed by atoms with Crippen LogP contribution in [-0.2, 0) is 16.1 Å². The molecule has 2 aromatic rings. The third-order valence-corrected chi connectivity index (χ3v) is 3.41. The predicted molar refractivity (Wildman–Crippen MR) is 72.8 cm³/mol. The van der Waals surface area contributed by atoms with Gasteiger partial charge in [-0.15, -0.1) is 11.3 Å². The molecule has 0 spiro atoms. The second-order valence-electron chi connectivity index (χ2n) is 4.06. The standard InChI is InChI=1S/C14H11F2NO3S/c15-11-4-3-9(6-12(11)16)14(19)20-8-13(18)17-7-10-2-1-5-21-10/h1-6H,7-8H2,(H,17,18). The van der Waals surface area contributed by atoms with Crippen LogP contribution in [0.2, 0.25) is 0 Å². The lowest BCUT2D eigenvalue weighted by Crippen LogP contribution is -2.28. The van der Waals surface area contributed by atoms with Crippen molar-refractivity contribution in [3.8, 4) is 0 Å². The zero-order valence-electron chi connectivity index (χ0n) is 10.8. The molecule has 0 bridgehead atoms. The highest BCUT2D eigenvalue weighted by atomic mass is 32.1. The van der Waals surface area contributed by atoms with E-state index in [-0.39, 0.29) is 5.56 Å². The maximum absolute atomic E-state index is 13.0. The van der Waals surface area contributed by atoms with Crippen LogP contribution in [0.3, 0.4) is 0 Å². The topological polar surface area (TPSA) is 55.4 Å². The molecule has 0 aliphatic heterocycles. The van der Waals surface area contributed by atoms with Gasteiger partial charge in [-0.1, -0.05) is 6.07 Å². The lowest BCUT2D eigenvalue weighted by atomic mass is 10.2. The Morgan fingerprint density at radius 2 is 2.00 bits per heavy atom. The third kappa shape index (κ3) is 4.35. The summed E-state index contributed by atoms with van der Waals surface area (Å²) in [6.45, 7) is -0.136. The molecule has 2 rings (SSSR count). The van der Waals surface area contributed by atoms with Crippen molar-refractivity contribution in [2.24, 2.45) is 0 Å². The van der Waals surface area contributed by atoms with E-state index >= 15 is 0 Å². The van der Waals surface area contributed by atoms with E-state index in [1.165, 1.54) is 11.3 Å². The Labute approximate surface area is 123 Å². The first kappa shape index (κ1) is 15.1. The van der Waals surface area contributed by atoms with Crippen LogP contribution in [0, 0.1) is 11.6 Å².